The van der Waals surface area contributed by atoms with Gasteiger partial charge in [-0.3, -0.25) is 0 Å². The van der Waals surface area contributed by atoms with Gasteiger partial charge in [-0.25, -0.2) is 0 Å². The van der Waals surface area contributed by atoms with Crippen molar-refractivity contribution in [3.8, 4) is 12.1 Å². The Bertz CT molecular complexity index is 509. The zero-order valence-corrected chi connectivity index (χ0v) is 9.54. The highest BCUT2D eigenvalue weighted by Crippen LogP contribution is 2.33. The van der Waals surface area contributed by atoms with Crippen molar-refractivity contribution < 1.29 is 13.2 Å². The molecular formula is C12H10F3N3. The highest BCUT2D eigenvalue weighted by molar-refractivity contribution is 5.54. The van der Waals surface area contributed by atoms with Crippen molar-refractivity contribution in [3.63, 3.8) is 0 Å². The summed E-state index contributed by atoms with van der Waals surface area (Å²) in [5, 5.41) is 20.0. The van der Waals surface area contributed by atoms with Crippen molar-refractivity contribution in [1.29, 1.82) is 10.5 Å². The van der Waals surface area contributed by atoms with E-state index in [2.05, 4.69) is 5.32 Å². The molecule has 0 aromatic heterocycles. The van der Waals surface area contributed by atoms with Crippen LogP contribution in [0.4, 0.5) is 18.9 Å². The van der Waals surface area contributed by atoms with Crippen molar-refractivity contribution in [2.75, 3.05) is 5.32 Å². The Balaban J connectivity index is 3.13. The fraction of sp³-hybridized carbons (Fsp3) is 0.333. The van der Waals surface area contributed by atoms with Gasteiger partial charge in [0.15, 0.2) is 0 Å². The number of nitriles is 2. The zero-order valence-electron chi connectivity index (χ0n) is 9.54. The number of benzene rings is 1. The topological polar surface area (TPSA) is 59.6 Å². The van der Waals surface area contributed by atoms with E-state index in [0.717, 1.165) is 12.1 Å². The minimum Gasteiger partial charge on any atom is -0.370 e. The Morgan fingerprint density at radius 2 is 2.00 bits per heavy atom. The highest BCUT2D eigenvalue weighted by atomic mass is 19.4. The second-order valence-corrected chi connectivity index (χ2v) is 3.60. The Kier molecular flexibility index (Phi) is 4.17. The van der Waals surface area contributed by atoms with Crippen molar-refractivity contribution in [2.24, 2.45) is 0 Å². The van der Waals surface area contributed by atoms with E-state index in [9.17, 15) is 13.2 Å². The summed E-state index contributed by atoms with van der Waals surface area (Å²) in [6, 6.07) is 6.16. The Morgan fingerprint density at radius 3 is 2.44 bits per heavy atom. The molecule has 0 heterocycles. The van der Waals surface area contributed by atoms with Crippen LogP contribution in [0.25, 0.3) is 0 Å². The predicted octanol–water partition coefficient (Wildman–Crippen LogP) is 3.29. The van der Waals surface area contributed by atoms with E-state index in [4.69, 9.17) is 10.5 Å². The van der Waals surface area contributed by atoms with Crippen LogP contribution in [0.3, 0.4) is 0 Å². The molecule has 0 aliphatic carbocycles. The minimum atomic E-state index is -4.59. The normalized spacial score (nSPS) is 12.3. The number of hydrogen-bond acceptors (Lipinski definition) is 3. The quantitative estimate of drug-likeness (QED) is 0.899. The first-order chi connectivity index (χ1) is 8.42. The molecule has 94 valence electrons. The maximum Gasteiger partial charge on any atom is 0.417 e. The third-order valence-corrected chi connectivity index (χ3v) is 2.35. The van der Waals surface area contributed by atoms with Gasteiger partial charge in [0.2, 0.25) is 0 Å². The Labute approximate surface area is 102 Å². The third kappa shape index (κ3) is 3.14. The van der Waals surface area contributed by atoms with E-state index >= 15 is 0 Å². The van der Waals surface area contributed by atoms with E-state index in [1.807, 2.05) is 6.07 Å². The van der Waals surface area contributed by atoms with Crippen molar-refractivity contribution in [2.45, 2.75) is 25.6 Å². The molecule has 0 radical (unpaired) electrons. The van der Waals surface area contributed by atoms with Gasteiger partial charge < -0.3 is 5.32 Å². The number of hydrogen-bond donors (Lipinski definition) is 1. The Morgan fingerprint density at radius 1 is 1.33 bits per heavy atom. The molecule has 0 saturated heterocycles. The fourth-order valence-electron chi connectivity index (χ4n) is 1.39. The lowest BCUT2D eigenvalue weighted by molar-refractivity contribution is -0.137. The van der Waals surface area contributed by atoms with Gasteiger partial charge in [0.25, 0.3) is 0 Å². The highest BCUT2D eigenvalue weighted by Gasteiger charge is 2.33. The average molecular weight is 253 g/mol. The molecule has 1 rings (SSSR count). The molecule has 1 aromatic rings. The molecular weight excluding hydrogens is 243 g/mol. The minimum absolute atomic E-state index is 0.176. The average Bonchev–Trinajstić information content (AvgIpc) is 2.34. The van der Waals surface area contributed by atoms with Gasteiger partial charge in [-0.2, -0.15) is 23.7 Å². The molecule has 6 heteroatoms. The monoisotopic (exact) mass is 253 g/mol. The maximum absolute atomic E-state index is 12.7. The van der Waals surface area contributed by atoms with Gasteiger partial charge in [-0.1, -0.05) is 6.92 Å². The number of nitrogens with zero attached hydrogens (tertiary/aromatic N) is 2. The molecule has 3 nitrogen and oxygen atoms in total. The first-order valence-corrected chi connectivity index (χ1v) is 5.19. The molecule has 0 saturated carbocycles. The van der Waals surface area contributed by atoms with Crippen molar-refractivity contribution in [3.05, 3.63) is 29.3 Å². The molecule has 18 heavy (non-hydrogen) atoms. The van der Waals surface area contributed by atoms with Crippen LogP contribution in [0, 0.1) is 22.7 Å². The van der Waals surface area contributed by atoms with Crippen LogP contribution in [0.2, 0.25) is 0 Å². The number of anilines is 1. The van der Waals surface area contributed by atoms with Crippen LogP contribution in [0.1, 0.15) is 24.5 Å². The van der Waals surface area contributed by atoms with Crippen LogP contribution in [-0.2, 0) is 6.18 Å². The summed E-state index contributed by atoms with van der Waals surface area (Å²) in [5.41, 5.74) is -1.25. The van der Waals surface area contributed by atoms with Gasteiger partial charge in [0.1, 0.15) is 6.04 Å². The predicted molar refractivity (Wildman–Crippen MR) is 59.5 cm³/mol. The molecule has 1 N–H and O–H groups in total. The van der Waals surface area contributed by atoms with E-state index in [1.54, 1.807) is 6.92 Å². The molecule has 1 unspecified atom stereocenters. The van der Waals surface area contributed by atoms with E-state index in [-0.39, 0.29) is 5.69 Å². The number of rotatable bonds is 3. The summed E-state index contributed by atoms with van der Waals surface area (Å²) in [6.07, 6.45) is -4.12. The molecule has 0 bridgehead atoms. The summed E-state index contributed by atoms with van der Waals surface area (Å²) in [6.45, 7) is 1.75. The van der Waals surface area contributed by atoms with Gasteiger partial charge in [-0.15, -0.1) is 0 Å². The van der Waals surface area contributed by atoms with Gasteiger partial charge in [0.05, 0.1) is 23.3 Å². The summed E-state index contributed by atoms with van der Waals surface area (Å²) in [5.74, 6) is 0. The van der Waals surface area contributed by atoms with Crippen LogP contribution in [0.5, 0.6) is 0 Å². The number of nitrogens with one attached hydrogen (secondary N) is 1. The lowest BCUT2D eigenvalue weighted by Gasteiger charge is -2.14. The largest absolute Gasteiger partial charge is 0.417 e. The molecule has 0 fully saturated rings. The molecule has 0 aliphatic rings. The molecule has 0 aliphatic heterocycles. The van der Waals surface area contributed by atoms with Gasteiger partial charge >= 0.3 is 6.18 Å². The maximum atomic E-state index is 12.7. The molecule has 1 atom stereocenters. The molecule has 0 amide bonds. The summed E-state index contributed by atoms with van der Waals surface area (Å²) in [7, 11) is 0. The van der Waals surface area contributed by atoms with E-state index in [1.165, 1.54) is 12.1 Å². The first kappa shape index (κ1) is 13.9. The number of alkyl halides is 3. The number of halogens is 3. The second kappa shape index (κ2) is 5.42. The lowest BCUT2D eigenvalue weighted by atomic mass is 10.1. The summed E-state index contributed by atoms with van der Waals surface area (Å²) >= 11 is 0. The van der Waals surface area contributed by atoms with E-state index < -0.39 is 23.3 Å². The van der Waals surface area contributed by atoms with Gasteiger partial charge in [0, 0.05) is 5.69 Å². The summed E-state index contributed by atoms with van der Waals surface area (Å²) < 4.78 is 38.0. The summed E-state index contributed by atoms with van der Waals surface area (Å²) in [4.78, 5) is 0. The van der Waals surface area contributed by atoms with Crippen LogP contribution < -0.4 is 5.32 Å². The standard InChI is InChI=1S/C12H10F3N3/c1-2-9(7-17)18-10-4-3-8(6-16)11(5-10)12(13,14)15/h3-5,9,18H,2H2,1H3. The smallest absolute Gasteiger partial charge is 0.370 e. The second-order valence-electron chi connectivity index (χ2n) is 3.60. The molecule has 0 spiro atoms. The van der Waals surface area contributed by atoms with E-state index in [0.29, 0.717) is 6.42 Å². The SMILES string of the molecule is CCC(C#N)Nc1ccc(C#N)c(C(F)(F)F)c1. The van der Waals surface area contributed by atoms with Crippen molar-refractivity contribution >= 4 is 5.69 Å². The van der Waals surface area contributed by atoms with Crippen LogP contribution in [-0.4, -0.2) is 6.04 Å². The Hall–Kier alpha value is -2.21. The molecule has 1 aromatic carbocycles. The van der Waals surface area contributed by atoms with Gasteiger partial charge in [-0.05, 0) is 24.6 Å². The third-order valence-electron chi connectivity index (χ3n) is 2.35. The zero-order chi connectivity index (χ0) is 13.8. The first-order valence-electron chi connectivity index (χ1n) is 5.19. The fourth-order valence-corrected chi connectivity index (χ4v) is 1.39. The van der Waals surface area contributed by atoms with Crippen LogP contribution >= 0.6 is 0 Å². The van der Waals surface area contributed by atoms with Crippen LogP contribution in [0.15, 0.2) is 18.2 Å². The van der Waals surface area contributed by atoms with Crippen molar-refractivity contribution in [1.82, 2.24) is 0 Å². The lowest BCUT2D eigenvalue weighted by Crippen LogP contribution is -2.16.